The molecule has 3 amide bonds. The predicted molar refractivity (Wildman–Crippen MR) is 72.9 cm³/mol. The smallest absolute Gasteiger partial charge is 0.246 e. The van der Waals surface area contributed by atoms with Gasteiger partial charge in [-0.15, -0.1) is 0 Å². The Labute approximate surface area is 118 Å². The maximum Gasteiger partial charge on any atom is 0.246 e. The second kappa shape index (κ2) is 6.81. The SMILES string of the molecule is CCN(CC(=O)NC(=O)CN1CCCC1=O)C1CNC1. The first-order valence-corrected chi connectivity index (χ1v) is 7.15. The Kier molecular flexibility index (Phi) is 5.08. The zero-order chi connectivity index (χ0) is 14.5. The highest BCUT2D eigenvalue weighted by atomic mass is 16.2. The van der Waals surface area contributed by atoms with Crippen molar-refractivity contribution in [1.82, 2.24) is 20.4 Å². The number of nitrogens with one attached hydrogen (secondary N) is 2. The molecule has 112 valence electrons. The number of amides is 3. The molecule has 2 aliphatic rings. The van der Waals surface area contributed by atoms with Gasteiger partial charge in [-0.1, -0.05) is 6.92 Å². The summed E-state index contributed by atoms with van der Waals surface area (Å²) in [6.45, 7) is 5.36. The molecule has 2 saturated heterocycles. The molecule has 2 aliphatic heterocycles. The Morgan fingerprint density at radius 3 is 2.65 bits per heavy atom. The molecule has 2 N–H and O–H groups in total. The van der Waals surface area contributed by atoms with E-state index in [4.69, 9.17) is 0 Å². The minimum atomic E-state index is -0.395. The van der Waals surface area contributed by atoms with Gasteiger partial charge in [0.1, 0.15) is 0 Å². The molecule has 7 heteroatoms. The number of carbonyl (C=O) groups excluding carboxylic acids is 3. The fraction of sp³-hybridized carbons (Fsp3) is 0.769. The molecule has 2 rings (SSSR count). The topological polar surface area (TPSA) is 81.8 Å². The van der Waals surface area contributed by atoms with Crippen LogP contribution in [-0.4, -0.2) is 72.8 Å². The van der Waals surface area contributed by atoms with Crippen LogP contribution in [0.1, 0.15) is 19.8 Å². The molecule has 0 aromatic rings. The van der Waals surface area contributed by atoms with Crippen molar-refractivity contribution in [3.63, 3.8) is 0 Å². The first-order chi connectivity index (χ1) is 9.60. The van der Waals surface area contributed by atoms with Crippen LogP contribution >= 0.6 is 0 Å². The van der Waals surface area contributed by atoms with Crippen molar-refractivity contribution in [3.8, 4) is 0 Å². The quantitative estimate of drug-likeness (QED) is 0.622. The third-order valence-electron chi connectivity index (χ3n) is 3.81. The lowest BCUT2D eigenvalue weighted by atomic mass is 10.1. The van der Waals surface area contributed by atoms with Gasteiger partial charge in [-0.2, -0.15) is 0 Å². The molecule has 0 radical (unpaired) electrons. The molecule has 0 aromatic carbocycles. The lowest BCUT2D eigenvalue weighted by Crippen LogP contribution is -2.59. The Morgan fingerprint density at radius 2 is 2.15 bits per heavy atom. The van der Waals surface area contributed by atoms with Crippen LogP contribution in [0.4, 0.5) is 0 Å². The number of imide groups is 1. The average molecular weight is 282 g/mol. The largest absolute Gasteiger partial charge is 0.333 e. The second-order valence-corrected chi connectivity index (χ2v) is 5.27. The summed E-state index contributed by atoms with van der Waals surface area (Å²) in [5, 5.41) is 5.52. The standard InChI is InChI=1S/C13H22N4O3/c1-2-16(10-6-14-7-10)8-11(18)15-12(19)9-17-5-3-4-13(17)20/h10,14H,2-9H2,1H3,(H,15,18,19). The normalized spacial score (nSPS) is 19.3. The lowest BCUT2D eigenvalue weighted by molar-refractivity contribution is -0.136. The number of hydrogen-bond acceptors (Lipinski definition) is 5. The van der Waals surface area contributed by atoms with E-state index in [1.165, 1.54) is 4.90 Å². The van der Waals surface area contributed by atoms with Gasteiger partial charge in [-0.25, -0.2) is 0 Å². The van der Waals surface area contributed by atoms with E-state index in [0.717, 1.165) is 26.1 Å². The van der Waals surface area contributed by atoms with Crippen LogP contribution in [0.15, 0.2) is 0 Å². The molecule has 0 atom stereocenters. The maximum atomic E-state index is 11.8. The van der Waals surface area contributed by atoms with Crippen LogP contribution in [0, 0.1) is 0 Å². The number of carbonyl (C=O) groups is 3. The first-order valence-electron chi connectivity index (χ1n) is 7.15. The van der Waals surface area contributed by atoms with Gasteiger partial charge in [0, 0.05) is 32.1 Å². The highest BCUT2D eigenvalue weighted by molar-refractivity contribution is 5.98. The second-order valence-electron chi connectivity index (χ2n) is 5.27. The van der Waals surface area contributed by atoms with Crippen LogP contribution < -0.4 is 10.6 Å². The van der Waals surface area contributed by atoms with Gasteiger partial charge in [-0.05, 0) is 13.0 Å². The summed E-state index contributed by atoms with van der Waals surface area (Å²) in [5.74, 6) is -0.702. The van der Waals surface area contributed by atoms with Crippen LogP contribution in [0.3, 0.4) is 0 Å². The van der Waals surface area contributed by atoms with Crippen LogP contribution in [0.2, 0.25) is 0 Å². The van der Waals surface area contributed by atoms with E-state index in [-0.39, 0.29) is 24.9 Å². The Morgan fingerprint density at radius 1 is 1.40 bits per heavy atom. The zero-order valence-electron chi connectivity index (χ0n) is 11.9. The molecule has 0 unspecified atom stereocenters. The predicted octanol–water partition coefficient (Wildman–Crippen LogP) is -1.45. The monoisotopic (exact) mass is 282 g/mol. The van der Waals surface area contributed by atoms with E-state index in [2.05, 4.69) is 10.6 Å². The van der Waals surface area contributed by atoms with Gasteiger partial charge in [-0.3, -0.25) is 24.6 Å². The first kappa shape index (κ1) is 14.9. The summed E-state index contributed by atoms with van der Waals surface area (Å²) in [6, 6.07) is 0.376. The number of hydrogen-bond donors (Lipinski definition) is 2. The summed E-state index contributed by atoms with van der Waals surface area (Å²) < 4.78 is 0. The third kappa shape index (κ3) is 3.77. The Hall–Kier alpha value is -1.47. The van der Waals surface area contributed by atoms with Crippen LogP contribution in [0.5, 0.6) is 0 Å². The number of likely N-dealkylation sites (tertiary alicyclic amines) is 1. The van der Waals surface area contributed by atoms with E-state index in [1.54, 1.807) is 0 Å². The van der Waals surface area contributed by atoms with Crippen molar-refractivity contribution >= 4 is 17.7 Å². The van der Waals surface area contributed by atoms with E-state index < -0.39 is 5.91 Å². The Balaban J connectivity index is 1.72. The number of likely N-dealkylation sites (N-methyl/N-ethyl adjacent to an activating group) is 1. The summed E-state index contributed by atoms with van der Waals surface area (Å²) in [6.07, 6.45) is 1.29. The van der Waals surface area contributed by atoms with Crippen molar-refractivity contribution in [1.29, 1.82) is 0 Å². The molecule has 20 heavy (non-hydrogen) atoms. The summed E-state index contributed by atoms with van der Waals surface area (Å²) in [5.41, 5.74) is 0. The van der Waals surface area contributed by atoms with Crippen LogP contribution in [0.25, 0.3) is 0 Å². The fourth-order valence-corrected chi connectivity index (χ4v) is 2.49. The van der Waals surface area contributed by atoms with E-state index in [1.807, 2.05) is 11.8 Å². The third-order valence-corrected chi connectivity index (χ3v) is 3.81. The molecule has 0 spiro atoms. The van der Waals surface area contributed by atoms with Crippen molar-refractivity contribution in [3.05, 3.63) is 0 Å². The summed E-state index contributed by atoms with van der Waals surface area (Å²) in [7, 11) is 0. The van der Waals surface area contributed by atoms with Gasteiger partial charge in [0.05, 0.1) is 13.1 Å². The molecular formula is C13H22N4O3. The van der Waals surface area contributed by atoms with Crippen LogP contribution in [-0.2, 0) is 14.4 Å². The van der Waals surface area contributed by atoms with Crippen molar-refractivity contribution in [2.45, 2.75) is 25.8 Å². The van der Waals surface area contributed by atoms with E-state index in [9.17, 15) is 14.4 Å². The molecule has 0 aliphatic carbocycles. The van der Waals surface area contributed by atoms with Crippen molar-refractivity contribution < 1.29 is 14.4 Å². The molecular weight excluding hydrogens is 260 g/mol. The number of rotatable bonds is 6. The van der Waals surface area contributed by atoms with Gasteiger partial charge in [0.2, 0.25) is 17.7 Å². The minimum Gasteiger partial charge on any atom is -0.333 e. The molecule has 7 nitrogen and oxygen atoms in total. The zero-order valence-corrected chi connectivity index (χ0v) is 11.9. The molecule has 0 saturated carbocycles. The Bertz CT molecular complexity index is 395. The minimum absolute atomic E-state index is 0.0108. The molecule has 0 bridgehead atoms. The van der Waals surface area contributed by atoms with E-state index in [0.29, 0.717) is 19.0 Å². The summed E-state index contributed by atoms with van der Waals surface area (Å²) in [4.78, 5) is 38.5. The lowest BCUT2D eigenvalue weighted by Gasteiger charge is -2.37. The maximum absolute atomic E-state index is 11.8. The van der Waals surface area contributed by atoms with Gasteiger partial charge >= 0.3 is 0 Å². The van der Waals surface area contributed by atoms with E-state index >= 15 is 0 Å². The van der Waals surface area contributed by atoms with Crippen molar-refractivity contribution in [2.24, 2.45) is 0 Å². The highest BCUT2D eigenvalue weighted by Gasteiger charge is 2.26. The average Bonchev–Trinajstić information content (AvgIpc) is 2.71. The van der Waals surface area contributed by atoms with Gasteiger partial charge in [0.15, 0.2) is 0 Å². The van der Waals surface area contributed by atoms with Gasteiger partial charge in [0.25, 0.3) is 0 Å². The molecule has 2 heterocycles. The number of nitrogens with zero attached hydrogens (tertiary/aromatic N) is 2. The van der Waals surface area contributed by atoms with Gasteiger partial charge < -0.3 is 10.2 Å². The summed E-state index contributed by atoms with van der Waals surface area (Å²) >= 11 is 0. The molecule has 0 aromatic heterocycles. The fourth-order valence-electron chi connectivity index (χ4n) is 2.49. The highest BCUT2D eigenvalue weighted by Crippen LogP contribution is 2.08. The molecule has 2 fully saturated rings. The van der Waals surface area contributed by atoms with Crippen molar-refractivity contribution in [2.75, 3.05) is 39.3 Å².